The van der Waals surface area contributed by atoms with Crippen LogP contribution in [0.5, 0.6) is 11.5 Å². The van der Waals surface area contributed by atoms with E-state index >= 15 is 0 Å². The van der Waals surface area contributed by atoms with Gasteiger partial charge in [0.05, 0.1) is 19.7 Å². The molecule has 5 heteroatoms. The minimum atomic E-state index is 0.275. The Labute approximate surface area is 185 Å². The third kappa shape index (κ3) is 4.18. The van der Waals surface area contributed by atoms with Crippen molar-refractivity contribution in [2.75, 3.05) is 14.2 Å². The van der Waals surface area contributed by atoms with Gasteiger partial charge >= 0.3 is 0 Å². The largest absolute Gasteiger partial charge is 0.496 e. The lowest BCUT2D eigenvalue weighted by molar-refractivity contribution is 0.376. The number of aromatic nitrogens is 3. The molecule has 0 saturated heterocycles. The molecule has 0 fully saturated rings. The van der Waals surface area contributed by atoms with Crippen LogP contribution in [0.4, 0.5) is 0 Å². The van der Waals surface area contributed by atoms with Crippen LogP contribution in [0.25, 0.3) is 16.7 Å². The molecule has 0 N–H and O–H groups in total. The second-order valence-corrected chi connectivity index (χ2v) is 8.49. The number of nitrogens with zero attached hydrogens (tertiary/aromatic N) is 3. The molecule has 0 saturated carbocycles. The zero-order valence-electron chi connectivity index (χ0n) is 19.1. The second kappa shape index (κ2) is 9.54. The van der Waals surface area contributed by atoms with E-state index in [-0.39, 0.29) is 5.92 Å². The maximum Gasteiger partial charge on any atom is 0.152 e. The van der Waals surface area contributed by atoms with Gasteiger partial charge in [0.1, 0.15) is 17.0 Å². The summed E-state index contributed by atoms with van der Waals surface area (Å²) in [5, 5.41) is 8.97. The van der Waals surface area contributed by atoms with Gasteiger partial charge in [0.25, 0.3) is 0 Å². The molecule has 5 nitrogen and oxygen atoms in total. The molecule has 0 aliphatic heterocycles. The van der Waals surface area contributed by atoms with Gasteiger partial charge in [-0.25, -0.2) is 4.68 Å². The van der Waals surface area contributed by atoms with Gasteiger partial charge < -0.3 is 9.47 Å². The Hall–Kier alpha value is -2.82. The van der Waals surface area contributed by atoms with Gasteiger partial charge in [-0.1, -0.05) is 48.8 Å². The summed E-state index contributed by atoms with van der Waals surface area (Å²) in [7, 11) is 3.52. The number of unbranched alkanes of at least 4 members (excludes halogenated alkanes) is 2. The summed E-state index contributed by atoms with van der Waals surface area (Å²) in [5.74, 6) is 2.04. The van der Waals surface area contributed by atoms with E-state index < -0.39 is 0 Å². The summed E-state index contributed by atoms with van der Waals surface area (Å²) in [6, 6.07) is 10.3. The molecule has 3 aromatic rings. The van der Waals surface area contributed by atoms with Crippen LogP contribution in [-0.2, 0) is 6.42 Å². The lowest BCUT2D eigenvalue weighted by atomic mass is 9.84. The molecule has 0 spiro atoms. The molecule has 1 aliphatic carbocycles. The number of methoxy groups -OCH3 is 2. The SMILES string of the molecule is CCCCCc1cc(OC)c(C2C=C(C)CCC2)c(OC)c1-n1nnc2ccccc21. The minimum Gasteiger partial charge on any atom is -0.496 e. The van der Waals surface area contributed by atoms with E-state index in [1.807, 2.05) is 22.9 Å². The normalized spacial score (nSPS) is 16.4. The number of hydrogen-bond acceptors (Lipinski definition) is 4. The molecule has 164 valence electrons. The Morgan fingerprint density at radius 3 is 2.71 bits per heavy atom. The summed E-state index contributed by atoms with van der Waals surface area (Å²) >= 11 is 0. The van der Waals surface area contributed by atoms with E-state index in [1.54, 1.807) is 14.2 Å². The van der Waals surface area contributed by atoms with Crippen LogP contribution >= 0.6 is 0 Å². The van der Waals surface area contributed by atoms with E-state index in [9.17, 15) is 0 Å². The second-order valence-electron chi connectivity index (χ2n) is 8.49. The van der Waals surface area contributed by atoms with Crippen molar-refractivity contribution in [3.05, 3.63) is 53.1 Å². The van der Waals surface area contributed by atoms with Gasteiger partial charge in [0.2, 0.25) is 0 Å². The first-order valence-electron chi connectivity index (χ1n) is 11.4. The van der Waals surface area contributed by atoms with Crippen LogP contribution in [0.1, 0.15) is 69.4 Å². The number of fused-ring (bicyclic) bond motifs is 1. The van der Waals surface area contributed by atoms with Gasteiger partial charge in [0, 0.05) is 11.5 Å². The van der Waals surface area contributed by atoms with Crippen LogP contribution in [-0.4, -0.2) is 29.2 Å². The Balaban J connectivity index is 1.97. The zero-order valence-corrected chi connectivity index (χ0v) is 19.1. The fraction of sp³-hybridized carbons (Fsp3) is 0.462. The molecular formula is C26H33N3O2. The molecule has 1 aliphatic rings. The fourth-order valence-electron chi connectivity index (χ4n) is 4.78. The lowest BCUT2D eigenvalue weighted by Crippen LogP contribution is -2.12. The van der Waals surface area contributed by atoms with Gasteiger partial charge in [-0.05, 0) is 62.8 Å². The molecule has 1 atom stereocenters. The van der Waals surface area contributed by atoms with Crippen LogP contribution in [0, 0.1) is 0 Å². The van der Waals surface area contributed by atoms with Crippen molar-refractivity contribution in [3.63, 3.8) is 0 Å². The maximum atomic E-state index is 6.13. The summed E-state index contributed by atoms with van der Waals surface area (Å²) in [6.45, 7) is 4.45. The fourth-order valence-corrected chi connectivity index (χ4v) is 4.78. The lowest BCUT2D eigenvalue weighted by Gasteiger charge is -2.27. The van der Waals surface area contributed by atoms with Gasteiger partial charge in [0.15, 0.2) is 5.75 Å². The molecule has 0 radical (unpaired) electrons. The number of hydrogen-bond donors (Lipinski definition) is 0. The first-order valence-corrected chi connectivity index (χ1v) is 11.4. The van der Waals surface area contributed by atoms with E-state index in [4.69, 9.17) is 9.47 Å². The maximum absolute atomic E-state index is 6.13. The molecule has 2 aromatic carbocycles. The van der Waals surface area contributed by atoms with Crippen molar-refractivity contribution < 1.29 is 9.47 Å². The quantitative estimate of drug-likeness (QED) is 0.314. The van der Waals surface area contributed by atoms with Gasteiger partial charge in [-0.3, -0.25) is 0 Å². The van der Waals surface area contributed by atoms with Crippen molar-refractivity contribution in [2.45, 2.75) is 64.7 Å². The average Bonchev–Trinajstić information content (AvgIpc) is 3.22. The Morgan fingerprint density at radius 2 is 1.97 bits per heavy atom. The highest BCUT2D eigenvalue weighted by atomic mass is 16.5. The molecule has 0 amide bonds. The molecule has 31 heavy (non-hydrogen) atoms. The predicted molar refractivity (Wildman–Crippen MR) is 126 cm³/mol. The summed E-state index contributed by atoms with van der Waals surface area (Å²) in [4.78, 5) is 0. The van der Waals surface area contributed by atoms with Crippen LogP contribution < -0.4 is 9.47 Å². The van der Waals surface area contributed by atoms with Crippen molar-refractivity contribution >= 4 is 11.0 Å². The van der Waals surface area contributed by atoms with Gasteiger partial charge in [-0.15, -0.1) is 5.10 Å². The van der Waals surface area contributed by atoms with E-state index in [1.165, 1.54) is 30.4 Å². The highest BCUT2D eigenvalue weighted by Crippen LogP contribution is 2.46. The number of allylic oxidation sites excluding steroid dienone is 2. The average molecular weight is 420 g/mol. The molecule has 1 heterocycles. The molecule has 4 rings (SSSR count). The number of rotatable bonds is 8. The predicted octanol–water partition coefficient (Wildman–Crippen LogP) is 6.38. The Bertz CT molecular complexity index is 1080. The minimum absolute atomic E-state index is 0.275. The first kappa shape index (κ1) is 21.4. The standard InChI is InChI=1S/C26H33N3O2/c1-5-6-7-12-20-17-23(30-3)24(19-13-10-11-18(2)16-19)26(31-4)25(20)29-22-15-9-8-14-21(22)27-28-29/h8-9,14-17,19H,5-7,10-13H2,1-4H3. The highest BCUT2D eigenvalue weighted by Gasteiger charge is 2.28. The van der Waals surface area contributed by atoms with Crippen molar-refractivity contribution in [1.82, 2.24) is 15.0 Å². The molecular weight excluding hydrogens is 386 g/mol. The summed E-state index contributed by atoms with van der Waals surface area (Å²) in [5.41, 5.74) is 6.62. The topological polar surface area (TPSA) is 49.2 Å². The summed E-state index contributed by atoms with van der Waals surface area (Å²) < 4.78 is 14.0. The van der Waals surface area contributed by atoms with E-state index in [2.05, 4.69) is 42.4 Å². The number of benzene rings is 2. The number of para-hydroxylation sites is 1. The van der Waals surface area contributed by atoms with E-state index in [0.717, 1.165) is 59.5 Å². The molecule has 0 bridgehead atoms. The Morgan fingerprint density at radius 1 is 1.13 bits per heavy atom. The van der Waals surface area contributed by atoms with Crippen molar-refractivity contribution in [3.8, 4) is 17.2 Å². The van der Waals surface area contributed by atoms with Gasteiger partial charge in [-0.2, -0.15) is 0 Å². The molecule has 1 unspecified atom stereocenters. The smallest absolute Gasteiger partial charge is 0.152 e. The third-order valence-corrected chi connectivity index (χ3v) is 6.31. The Kier molecular flexibility index (Phi) is 6.59. The highest BCUT2D eigenvalue weighted by molar-refractivity contribution is 5.78. The zero-order chi connectivity index (χ0) is 21.8. The van der Waals surface area contributed by atoms with Crippen molar-refractivity contribution in [2.24, 2.45) is 0 Å². The monoisotopic (exact) mass is 419 g/mol. The van der Waals surface area contributed by atoms with Crippen molar-refractivity contribution in [1.29, 1.82) is 0 Å². The van der Waals surface area contributed by atoms with Crippen LogP contribution in [0.2, 0.25) is 0 Å². The first-order chi connectivity index (χ1) is 15.2. The number of aryl methyl sites for hydroxylation is 1. The van der Waals surface area contributed by atoms with E-state index in [0.29, 0.717) is 0 Å². The van der Waals surface area contributed by atoms with Crippen LogP contribution in [0.3, 0.4) is 0 Å². The third-order valence-electron chi connectivity index (χ3n) is 6.31. The summed E-state index contributed by atoms with van der Waals surface area (Å²) in [6.07, 6.45) is 10.2. The number of ether oxygens (including phenoxy) is 2. The molecule has 1 aromatic heterocycles. The van der Waals surface area contributed by atoms with Crippen LogP contribution in [0.15, 0.2) is 42.0 Å².